The fraction of sp³-hybridized carbons (Fsp3) is 0.632. The van der Waals surface area contributed by atoms with Gasteiger partial charge < -0.3 is 25.3 Å². The van der Waals surface area contributed by atoms with E-state index in [0.29, 0.717) is 36.3 Å². The second kappa shape index (κ2) is 8.54. The maximum absolute atomic E-state index is 12.6. The van der Waals surface area contributed by atoms with Crippen molar-refractivity contribution >= 4 is 11.6 Å². The SMILES string of the molecule is COC(C(=O)Nc1ccc2c(c1)OCCO2)[C@H](N)CC1CCCCC1. The van der Waals surface area contributed by atoms with E-state index in [9.17, 15) is 4.79 Å². The van der Waals surface area contributed by atoms with Crippen LogP contribution in [0, 0.1) is 5.92 Å². The quantitative estimate of drug-likeness (QED) is 0.826. The van der Waals surface area contributed by atoms with Crippen molar-refractivity contribution in [2.45, 2.75) is 50.7 Å². The summed E-state index contributed by atoms with van der Waals surface area (Å²) in [5.74, 6) is 1.72. The summed E-state index contributed by atoms with van der Waals surface area (Å²) in [6, 6.07) is 5.06. The van der Waals surface area contributed by atoms with Gasteiger partial charge in [0.25, 0.3) is 5.91 Å². The molecule has 0 radical (unpaired) electrons. The van der Waals surface area contributed by atoms with Crippen LogP contribution in [0.2, 0.25) is 0 Å². The lowest BCUT2D eigenvalue weighted by molar-refractivity contribution is -0.127. The number of carbonyl (C=O) groups is 1. The number of nitrogens with two attached hydrogens (primary N) is 1. The Hall–Kier alpha value is -1.79. The molecule has 1 fully saturated rings. The van der Waals surface area contributed by atoms with Crippen LogP contribution in [0.4, 0.5) is 5.69 Å². The third-order valence-corrected chi connectivity index (χ3v) is 5.04. The molecule has 1 heterocycles. The zero-order chi connectivity index (χ0) is 17.6. The number of fused-ring (bicyclic) bond motifs is 1. The first kappa shape index (κ1) is 18.0. The molecule has 25 heavy (non-hydrogen) atoms. The number of methoxy groups -OCH3 is 1. The number of ether oxygens (including phenoxy) is 3. The van der Waals surface area contributed by atoms with E-state index in [4.69, 9.17) is 19.9 Å². The largest absolute Gasteiger partial charge is 0.486 e. The molecule has 0 spiro atoms. The highest BCUT2D eigenvalue weighted by Crippen LogP contribution is 2.33. The van der Waals surface area contributed by atoms with E-state index in [1.807, 2.05) is 0 Å². The number of nitrogens with one attached hydrogen (secondary N) is 1. The van der Waals surface area contributed by atoms with Crippen LogP contribution in [-0.2, 0) is 9.53 Å². The minimum atomic E-state index is -0.657. The van der Waals surface area contributed by atoms with Crippen LogP contribution < -0.4 is 20.5 Å². The standard InChI is InChI=1S/C19H28N2O4/c1-23-18(15(20)11-13-5-3-2-4-6-13)19(22)21-14-7-8-16-17(12-14)25-10-9-24-16/h7-8,12-13,15,18H,2-6,9-11,20H2,1H3,(H,21,22)/t15-,18?/m1/s1. The first-order chi connectivity index (χ1) is 12.2. The predicted molar refractivity (Wildman–Crippen MR) is 96.0 cm³/mol. The van der Waals surface area contributed by atoms with E-state index >= 15 is 0 Å². The molecule has 1 aliphatic heterocycles. The Labute approximate surface area is 149 Å². The van der Waals surface area contributed by atoms with E-state index < -0.39 is 6.10 Å². The Kier molecular flexibility index (Phi) is 6.15. The first-order valence-electron chi connectivity index (χ1n) is 9.16. The molecule has 3 N–H and O–H groups in total. The van der Waals surface area contributed by atoms with Gasteiger partial charge in [-0.3, -0.25) is 4.79 Å². The van der Waals surface area contributed by atoms with Crippen molar-refractivity contribution in [2.75, 3.05) is 25.6 Å². The van der Waals surface area contributed by atoms with Crippen molar-refractivity contribution in [1.82, 2.24) is 0 Å². The van der Waals surface area contributed by atoms with Gasteiger partial charge in [-0.1, -0.05) is 32.1 Å². The molecule has 1 aliphatic carbocycles. The van der Waals surface area contributed by atoms with Gasteiger partial charge in [-0.2, -0.15) is 0 Å². The van der Waals surface area contributed by atoms with Crippen LogP contribution in [0.3, 0.4) is 0 Å². The Morgan fingerprint density at radius 2 is 1.96 bits per heavy atom. The maximum atomic E-state index is 12.6. The number of hydrogen-bond acceptors (Lipinski definition) is 5. The molecular formula is C19H28N2O4. The van der Waals surface area contributed by atoms with E-state index in [1.54, 1.807) is 18.2 Å². The smallest absolute Gasteiger partial charge is 0.255 e. The minimum Gasteiger partial charge on any atom is -0.486 e. The van der Waals surface area contributed by atoms with Crippen LogP contribution in [0.15, 0.2) is 18.2 Å². The summed E-state index contributed by atoms with van der Waals surface area (Å²) >= 11 is 0. The van der Waals surface area contributed by atoms with E-state index in [-0.39, 0.29) is 11.9 Å². The lowest BCUT2D eigenvalue weighted by Crippen LogP contribution is -2.45. The average Bonchev–Trinajstić information content (AvgIpc) is 2.63. The Morgan fingerprint density at radius 1 is 1.24 bits per heavy atom. The Bertz CT molecular complexity index is 587. The summed E-state index contributed by atoms with van der Waals surface area (Å²) in [6.45, 7) is 1.05. The molecule has 6 heteroatoms. The van der Waals surface area contributed by atoms with Crippen LogP contribution >= 0.6 is 0 Å². The number of carbonyl (C=O) groups excluding carboxylic acids is 1. The number of anilines is 1. The Morgan fingerprint density at radius 3 is 2.68 bits per heavy atom. The van der Waals surface area contributed by atoms with Crippen LogP contribution in [0.25, 0.3) is 0 Å². The topological polar surface area (TPSA) is 82.8 Å². The zero-order valence-electron chi connectivity index (χ0n) is 14.8. The molecule has 1 unspecified atom stereocenters. The molecule has 6 nitrogen and oxygen atoms in total. The molecule has 0 bridgehead atoms. The van der Waals surface area contributed by atoms with Crippen molar-refractivity contribution in [1.29, 1.82) is 0 Å². The Balaban J connectivity index is 1.59. The maximum Gasteiger partial charge on any atom is 0.255 e. The van der Waals surface area contributed by atoms with Crippen molar-refractivity contribution in [2.24, 2.45) is 11.7 Å². The summed E-state index contributed by atoms with van der Waals surface area (Å²) in [7, 11) is 1.54. The molecule has 1 saturated carbocycles. The molecule has 1 amide bonds. The van der Waals surface area contributed by atoms with Gasteiger partial charge in [0.05, 0.1) is 0 Å². The summed E-state index contributed by atoms with van der Waals surface area (Å²) < 4.78 is 16.4. The number of benzene rings is 1. The van der Waals surface area contributed by atoms with Gasteiger partial charge in [0.1, 0.15) is 13.2 Å². The lowest BCUT2D eigenvalue weighted by atomic mass is 9.84. The highest BCUT2D eigenvalue weighted by Gasteiger charge is 2.28. The monoisotopic (exact) mass is 348 g/mol. The van der Waals surface area contributed by atoms with Gasteiger partial charge in [-0.15, -0.1) is 0 Å². The van der Waals surface area contributed by atoms with Gasteiger partial charge in [-0.25, -0.2) is 0 Å². The second-order valence-electron chi connectivity index (χ2n) is 6.91. The average molecular weight is 348 g/mol. The first-order valence-corrected chi connectivity index (χ1v) is 9.16. The molecule has 1 aromatic rings. The summed E-state index contributed by atoms with van der Waals surface area (Å²) in [4.78, 5) is 12.6. The molecule has 0 aromatic heterocycles. The van der Waals surface area contributed by atoms with Crippen LogP contribution in [0.1, 0.15) is 38.5 Å². The van der Waals surface area contributed by atoms with Crippen LogP contribution in [-0.4, -0.2) is 38.4 Å². The molecule has 2 atom stereocenters. The van der Waals surface area contributed by atoms with E-state index in [2.05, 4.69) is 5.32 Å². The summed E-state index contributed by atoms with van der Waals surface area (Å²) in [6.07, 6.45) is 6.41. The summed E-state index contributed by atoms with van der Waals surface area (Å²) in [5.41, 5.74) is 6.95. The van der Waals surface area contributed by atoms with Crippen LogP contribution in [0.5, 0.6) is 11.5 Å². The van der Waals surface area contributed by atoms with Gasteiger partial charge in [0.15, 0.2) is 17.6 Å². The van der Waals surface area contributed by atoms with Crippen molar-refractivity contribution in [3.8, 4) is 11.5 Å². The van der Waals surface area contributed by atoms with Gasteiger partial charge in [0, 0.05) is 24.9 Å². The molecule has 2 aliphatic rings. The van der Waals surface area contributed by atoms with Crippen molar-refractivity contribution in [3.63, 3.8) is 0 Å². The highest BCUT2D eigenvalue weighted by molar-refractivity contribution is 5.95. The zero-order valence-corrected chi connectivity index (χ0v) is 14.8. The molecule has 0 saturated heterocycles. The van der Waals surface area contributed by atoms with Gasteiger partial charge in [-0.05, 0) is 24.5 Å². The third kappa shape index (κ3) is 4.64. The number of hydrogen-bond donors (Lipinski definition) is 2. The van der Waals surface area contributed by atoms with Crippen molar-refractivity contribution < 1.29 is 19.0 Å². The lowest BCUT2D eigenvalue weighted by Gasteiger charge is -2.28. The minimum absolute atomic E-state index is 0.220. The van der Waals surface area contributed by atoms with E-state index in [0.717, 1.165) is 6.42 Å². The number of rotatable bonds is 6. The fourth-order valence-corrected chi connectivity index (χ4v) is 3.74. The van der Waals surface area contributed by atoms with Gasteiger partial charge >= 0.3 is 0 Å². The fourth-order valence-electron chi connectivity index (χ4n) is 3.74. The van der Waals surface area contributed by atoms with Gasteiger partial charge in [0.2, 0.25) is 0 Å². The molecular weight excluding hydrogens is 320 g/mol. The predicted octanol–water partition coefficient (Wildman–Crippen LogP) is 2.71. The van der Waals surface area contributed by atoms with E-state index in [1.165, 1.54) is 39.2 Å². The molecule has 3 rings (SSSR count). The highest BCUT2D eigenvalue weighted by atomic mass is 16.6. The molecule has 1 aromatic carbocycles. The summed E-state index contributed by atoms with van der Waals surface area (Å²) in [5, 5.41) is 2.88. The third-order valence-electron chi connectivity index (χ3n) is 5.04. The normalized spacial score (nSPS) is 19.9. The van der Waals surface area contributed by atoms with Crippen molar-refractivity contribution in [3.05, 3.63) is 18.2 Å². The molecule has 138 valence electrons. The second-order valence-corrected chi connectivity index (χ2v) is 6.91. The number of amides is 1.